The number of hydrogen-bond donors (Lipinski definition) is 2. The van der Waals surface area contributed by atoms with E-state index < -0.39 is 12.8 Å². The van der Waals surface area contributed by atoms with Crippen molar-refractivity contribution in [3.63, 3.8) is 0 Å². The highest BCUT2D eigenvalue weighted by molar-refractivity contribution is 7.18. The van der Waals surface area contributed by atoms with E-state index in [1.165, 1.54) is 23.5 Å². The molecule has 0 aliphatic heterocycles. The Labute approximate surface area is 163 Å². The molecule has 1 aromatic carbocycles. The molecule has 2 aromatic rings. The topological polar surface area (TPSA) is 67.4 Å². The van der Waals surface area contributed by atoms with Crippen LogP contribution in [0.25, 0.3) is 0 Å². The zero-order valence-electron chi connectivity index (χ0n) is 15.1. The maximum Gasteiger partial charge on any atom is 0.422 e. The molecule has 1 aromatic heterocycles. The number of anilines is 1. The highest BCUT2D eigenvalue weighted by atomic mass is 32.1. The molecule has 0 saturated heterocycles. The minimum absolute atomic E-state index is 0.0129. The van der Waals surface area contributed by atoms with Gasteiger partial charge >= 0.3 is 6.18 Å². The van der Waals surface area contributed by atoms with E-state index in [0.717, 1.165) is 24.0 Å². The van der Waals surface area contributed by atoms with Gasteiger partial charge in [0.15, 0.2) is 6.61 Å². The van der Waals surface area contributed by atoms with E-state index in [-0.39, 0.29) is 30.0 Å². The van der Waals surface area contributed by atoms with Crippen molar-refractivity contribution >= 4 is 28.2 Å². The molecule has 150 valence electrons. The Bertz CT molecular complexity index is 858. The quantitative estimate of drug-likeness (QED) is 0.714. The average Bonchev–Trinajstić information content (AvgIpc) is 3.42. The minimum atomic E-state index is -4.39. The lowest BCUT2D eigenvalue weighted by Crippen LogP contribution is -2.22. The number of carbonyl (C=O) groups is 2. The van der Waals surface area contributed by atoms with Crippen molar-refractivity contribution in [1.29, 1.82) is 0 Å². The monoisotopic (exact) mass is 412 g/mol. The number of thiophene rings is 1. The number of hydrogen-bond acceptors (Lipinski definition) is 4. The number of carbonyl (C=O) groups excluding carboxylic acids is 2. The minimum Gasteiger partial charge on any atom is -0.484 e. The van der Waals surface area contributed by atoms with E-state index in [4.69, 9.17) is 0 Å². The maximum atomic E-state index is 12.4. The van der Waals surface area contributed by atoms with Crippen LogP contribution in [0.5, 0.6) is 5.75 Å². The summed E-state index contributed by atoms with van der Waals surface area (Å²) in [6.07, 6.45) is -2.57. The van der Waals surface area contributed by atoms with Crippen LogP contribution >= 0.6 is 11.3 Å². The number of rotatable bonds is 7. The van der Waals surface area contributed by atoms with Crippen LogP contribution in [-0.4, -0.2) is 24.6 Å². The van der Waals surface area contributed by atoms with Crippen LogP contribution in [-0.2, 0) is 11.3 Å². The number of halogens is 3. The third kappa shape index (κ3) is 5.72. The fraction of sp³-hybridized carbons (Fsp3) is 0.368. The molecule has 1 heterocycles. The molecule has 0 spiro atoms. The van der Waals surface area contributed by atoms with Crippen molar-refractivity contribution in [2.24, 2.45) is 5.92 Å². The SMILES string of the molecule is Cc1cc(NC(=O)C2CC2)sc1C(=O)NCc1ccc(OCC(F)(F)F)cc1. The van der Waals surface area contributed by atoms with Crippen molar-refractivity contribution < 1.29 is 27.5 Å². The number of nitrogens with one attached hydrogen (secondary N) is 2. The standard InChI is InChI=1S/C19H19F3N2O3S/c1-11-8-15(24-17(25)13-4-5-13)28-16(11)18(26)23-9-12-2-6-14(7-3-12)27-10-19(20,21)22/h2-3,6-8,13H,4-5,9-10H2,1H3,(H,23,26)(H,24,25). The molecule has 28 heavy (non-hydrogen) atoms. The summed E-state index contributed by atoms with van der Waals surface area (Å²) < 4.78 is 41.1. The highest BCUT2D eigenvalue weighted by Gasteiger charge is 2.30. The predicted octanol–water partition coefficient (Wildman–Crippen LogP) is 4.28. The fourth-order valence-corrected chi connectivity index (χ4v) is 3.46. The van der Waals surface area contributed by atoms with Gasteiger partial charge in [0.1, 0.15) is 5.75 Å². The Morgan fingerprint density at radius 3 is 2.50 bits per heavy atom. The first kappa shape index (κ1) is 20.2. The molecule has 0 radical (unpaired) electrons. The number of alkyl halides is 3. The Kier molecular flexibility index (Phi) is 5.93. The third-order valence-electron chi connectivity index (χ3n) is 4.10. The van der Waals surface area contributed by atoms with Crippen LogP contribution in [0.2, 0.25) is 0 Å². The summed E-state index contributed by atoms with van der Waals surface area (Å²) in [7, 11) is 0. The number of amides is 2. The van der Waals surface area contributed by atoms with Crippen molar-refractivity contribution in [3.8, 4) is 5.75 Å². The Hall–Kier alpha value is -2.55. The van der Waals surface area contributed by atoms with Gasteiger partial charge < -0.3 is 15.4 Å². The summed E-state index contributed by atoms with van der Waals surface area (Å²) in [5.74, 6) is -0.0897. The van der Waals surface area contributed by atoms with Gasteiger partial charge in [-0.3, -0.25) is 9.59 Å². The zero-order chi connectivity index (χ0) is 20.3. The van der Waals surface area contributed by atoms with Crippen LogP contribution < -0.4 is 15.4 Å². The summed E-state index contributed by atoms with van der Waals surface area (Å²) in [6.45, 7) is 0.671. The second-order valence-corrected chi connectivity index (χ2v) is 7.67. The molecule has 9 heteroatoms. The normalized spacial score (nSPS) is 13.9. The van der Waals surface area contributed by atoms with E-state index in [1.54, 1.807) is 25.1 Å². The molecular weight excluding hydrogens is 393 g/mol. The predicted molar refractivity (Wildman–Crippen MR) is 99.6 cm³/mol. The molecule has 1 aliphatic rings. The lowest BCUT2D eigenvalue weighted by atomic mass is 10.2. The molecule has 3 rings (SSSR count). The average molecular weight is 412 g/mol. The second kappa shape index (κ2) is 8.22. The Balaban J connectivity index is 1.52. The van der Waals surface area contributed by atoms with Gasteiger partial charge in [-0.1, -0.05) is 12.1 Å². The molecule has 0 bridgehead atoms. The van der Waals surface area contributed by atoms with E-state index in [9.17, 15) is 22.8 Å². The third-order valence-corrected chi connectivity index (χ3v) is 5.25. The van der Waals surface area contributed by atoms with Gasteiger partial charge in [0.05, 0.1) is 9.88 Å². The largest absolute Gasteiger partial charge is 0.484 e. The summed E-state index contributed by atoms with van der Waals surface area (Å²) in [4.78, 5) is 24.7. The number of ether oxygens (including phenoxy) is 1. The van der Waals surface area contributed by atoms with Gasteiger partial charge in [-0.05, 0) is 49.1 Å². The van der Waals surface area contributed by atoms with Gasteiger partial charge in [-0.25, -0.2) is 0 Å². The van der Waals surface area contributed by atoms with Gasteiger partial charge in [-0.2, -0.15) is 13.2 Å². The molecule has 0 unspecified atom stereocenters. The summed E-state index contributed by atoms with van der Waals surface area (Å²) in [6, 6.07) is 7.81. The summed E-state index contributed by atoms with van der Waals surface area (Å²) in [5.41, 5.74) is 1.49. The zero-order valence-corrected chi connectivity index (χ0v) is 15.9. The summed E-state index contributed by atoms with van der Waals surface area (Å²) in [5, 5.41) is 6.24. The Morgan fingerprint density at radius 1 is 1.21 bits per heavy atom. The number of benzene rings is 1. The summed E-state index contributed by atoms with van der Waals surface area (Å²) >= 11 is 1.22. The molecule has 1 fully saturated rings. The van der Waals surface area contributed by atoms with E-state index in [1.807, 2.05) is 0 Å². The molecule has 5 nitrogen and oxygen atoms in total. The van der Waals surface area contributed by atoms with Gasteiger partial charge in [0, 0.05) is 12.5 Å². The fourth-order valence-electron chi connectivity index (χ4n) is 2.47. The van der Waals surface area contributed by atoms with Crippen molar-refractivity contribution in [2.75, 3.05) is 11.9 Å². The van der Waals surface area contributed by atoms with E-state index >= 15 is 0 Å². The van der Waals surface area contributed by atoms with Crippen LogP contribution in [0.15, 0.2) is 30.3 Å². The van der Waals surface area contributed by atoms with Gasteiger partial charge in [0.2, 0.25) is 5.91 Å². The van der Waals surface area contributed by atoms with Gasteiger partial charge in [-0.15, -0.1) is 11.3 Å². The molecule has 1 saturated carbocycles. The van der Waals surface area contributed by atoms with Crippen molar-refractivity contribution in [1.82, 2.24) is 5.32 Å². The maximum absolute atomic E-state index is 12.4. The highest BCUT2D eigenvalue weighted by Crippen LogP contribution is 2.32. The molecule has 0 atom stereocenters. The Morgan fingerprint density at radius 2 is 1.89 bits per heavy atom. The van der Waals surface area contributed by atoms with Crippen LogP contribution in [0.4, 0.5) is 18.2 Å². The smallest absolute Gasteiger partial charge is 0.422 e. The molecule has 2 amide bonds. The first-order valence-electron chi connectivity index (χ1n) is 8.69. The van der Waals surface area contributed by atoms with Crippen molar-refractivity contribution in [2.45, 2.75) is 32.5 Å². The second-order valence-electron chi connectivity index (χ2n) is 6.62. The first-order chi connectivity index (χ1) is 13.2. The van der Waals surface area contributed by atoms with Crippen LogP contribution in [0.1, 0.15) is 33.6 Å². The van der Waals surface area contributed by atoms with E-state index in [0.29, 0.717) is 9.88 Å². The number of aryl methyl sites for hydroxylation is 1. The van der Waals surface area contributed by atoms with Crippen LogP contribution in [0.3, 0.4) is 0 Å². The van der Waals surface area contributed by atoms with Gasteiger partial charge in [0.25, 0.3) is 5.91 Å². The van der Waals surface area contributed by atoms with Crippen molar-refractivity contribution in [3.05, 3.63) is 46.3 Å². The van der Waals surface area contributed by atoms with Crippen LogP contribution in [0, 0.1) is 12.8 Å². The molecule has 1 aliphatic carbocycles. The lowest BCUT2D eigenvalue weighted by molar-refractivity contribution is -0.153. The molecule has 2 N–H and O–H groups in total. The van der Waals surface area contributed by atoms with E-state index in [2.05, 4.69) is 15.4 Å². The first-order valence-corrected chi connectivity index (χ1v) is 9.51. The lowest BCUT2D eigenvalue weighted by Gasteiger charge is -2.10. The molecular formula is C19H19F3N2O3S.